The lowest BCUT2D eigenvalue weighted by molar-refractivity contribution is 0.114. The third-order valence-electron chi connectivity index (χ3n) is 2.58. The van der Waals surface area contributed by atoms with Gasteiger partial charge in [0.1, 0.15) is 4.21 Å². The number of hydrogen-bond acceptors (Lipinski definition) is 5. The first kappa shape index (κ1) is 13.0. The third kappa shape index (κ3) is 3.26. The van der Waals surface area contributed by atoms with Gasteiger partial charge in [0.25, 0.3) is 0 Å². The van der Waals surface area contributed by atoms with Crippen molar-refractivity contribution in [3.05, 3.63) is 17.0 Å². The zero-order valence-corrected chi connectivity index (χ0v) is 10.9. The van der Waals surface area contributed by atoms with Crippen molar-refractivity contribution in [2.45, 2.75) is 29.8 Å². The number of hydrogen-bond donors (Lipinski definition) is 2. The van der Waals surface area contributed by atoms with Gasteiger partial charge in [-0.1, -0.05) is 0 Å². The van der Waals surface area contributed by atoms with Gasteiger partial charge in [-0.05, 0) is 25.0 Å². The van der Waals surface area contributed by atoms with Crippen molar-refractivity contribution in [2.24, 2.45) is 0 Å². The molecular formula is C10H15NO4S2. The molecule has 1 aromatic heterocycles. The first-order valence-corrected chi connectivity index (χ1v) is 7.72. The zero-order chi connectivity index (χ0) is 12.3. The van der Waals surface area contributed by atoms with E-state index in [1.165, 1.54) is 6.07 Å². The number of sulfonamides is 1. The lowest BCUT2D eigenvalue weighted by Gasteiger charge is -2.10. The molecule has 0 bridgehead atoms. The highest BCUT2D eigenvalue weighted by Crippen LogP contribution is 2.21. The number of aliphatic hydroxyl groups excluding tert-OH is 1. The molecule has 1 atom stereocenters. The van der Waals surface area contributed by atoms with E-state index in [1.54, 1.807) is 6.07 Å². The summed E-state index contributed by atoms with van der Waals surface area (Å²) in [7, 11) is -3.46. The average Bonchev–Trinajstić information content (AvgIpc) is 2.98. The van der Waals surface area contributed by atoms with E-state index in [0.717, 1.165) is 24.2 Å². The van der Waals surface area contributed by atoms with Gasteiger partial charge in [0, 0.05) is 18.0 Å². The Morgan fingerprint density at radius 1 is 1.53 bits per heavy atom. The predicted molar refractivity (Wildman–Crippen MR) is 64.4 cm³/mol. The monoisotopic (exact) mass is 277 g/mol. The van der Waals surface area contributed by atoms with E-state index in [2.05, 4.69) is 4.72 Å². The molecule has 17 heavy (non-hydrogen) atoms. The molecule has 1 saturated heterocycles. The summed E-state index contributed by atoms with van der Waals surface area (Å²) < 4.78 is 31.9. The molecule has 1 aromatic rings. The van der Waals surface area contributed by atoms with Crippen LogP contribution < -0.4 is 4.72 Å². The molecule has 5 nitrogen and oxygen atoms in total. The highest BCUT2D eigenvalue weighted by Gasteiger charge is 2.21. The van der Waals surface area contributed by atoms with E-state index >= 15 is 0 Å². The van der Waals surface area contributed by atoms with E-state index < -0.39 is 10.0 Å². The van der Waals surface area contributed by atoms with Crippen LogP contribution in [0.5, 0.6) is 0 Å². The Bertz CT molecular complexity index is 462. The van der Waals surface area contributed by atoms with E-state index in [9.17, 15) is 8.42 Å². The van der Waals surface area contributed by atoms with Crippen LogP contribution in [0, 0.1) is 0 Å². The Morgan fingerprint density at radius 3 is 2.94 bits per heavy atom. The largest absolute Gasteiger partial charge is 0.391 e. The van der Waals surface area contributed by atoms with E-state index in [0.29, 0.717) is 18.0 Å². The fraction of sp³-hybridized carbons (Fsp3) is 0.600. The summed E-state index contributed by atoms with van der Waals surface area (Å²) >= 11 is 1.08. The number of rotatable bonds is 5. The highest BCUT2D eigenvalue weighted by atomic mass is 32.2. The second-order valence-corrected chi connectivity index (χ2v) is 7.03. The highest BCUT2D eigenvalue weighted by molar-refractivity contribution is 7.91. The van der Waals surface area contributed by atoms with Gasteiger partial charge >= 0.3 is 0 Å². The molecule has 0 aliphatic carbocycles. The maximum atomic E-state index is 11.9. The minimum atomic E-state index is -3.46. The van der Waals surface area contributed by atoms with Crippen molar-refractivity contribution in [2.75, 3.05) is 13.2 Å². The van der Waals surface area contributed by atoms with Crippen LogP contribution in [0.15, 0.2) is 16.3 Å². The predicted octanol–water partition coefficient (Wildman–Crippen LogP) is 0.698. The number of aliphatic hydroxyl groups is 1. The Hall–Kier alpha value is -0.470. The van der Waals surface area contributed by atoms with Crippen molar-refractivity contribution in [1.82, 2.24) is 4.72 Å². The first-order chi connectivity index (χ1) is 8.12. The maximum absolute atomic E-state index is 11.9. The number of thiophene rings is 1. The summed E-state index contributed by atoms with van der Waals surface area (Å²) in [6.07, 6.45) is 1.87. The van der Waals surface area contributed by atoms with Crippen LogP contribution in [0.4, 0.5) is 0 Å². The van der Waals surface area contributed by atoms with Crippen molar-refractivity contribution in [1.29, 1.82) is 0 Å². The molecule has 1 aliphatic rings. The topological polar surface area (TPSA) is 75.6 Å². The Morgan fingerprint density at radius 2 is 2.35 bits per heavy atom. The molecule has 1 aliphatic heterocycles. The summed E-state index contributed by atoms with van der Waals surface area (Å²) in [6, 6.07) is 3.12. The average molecular weight is 277 g/mol. The zero-order valence-electron chi connectivity index (χ0n) is 9.26. The normalized spacial score (nSPS) is 20.9. The minimum absolute atomic E-state index is 0.0120. The molecule has 2 N–H and O–H groups in total. The maximum Gasteiger partial charge on any atom is 0.250 e. The summed E-state index contributed by atoms with van der Waals surface area (Å²) in [6.45, 7) is 0.890. The van der Waals surface area contributed by atoms with Crippen LogP contribution in [0.3, 0.4) is 0 Å². The summed E-state index contributed by atoms with van der Waals surface area (Å²) in [5.74, 6) is 0. The molecule has 0 saturated carbocycles. The lowest BCUT2D eigenvalue weighted by Crippen LogP contribution is -2.31. The summed E-state index contributed by atoms with van der Waals surface area (Å²) in [5.41, 5.74) is 0. The Labute approximate surface area is 104 Å². The molecule has 0 amide bonds. The van der Waals surface area contributed by atoms with Gasteiger partial charge in [-0.3, -0.25) is 0 Å². The van der Waals surface area contributed by atoms with Crippen molar-refractivity contribution >= 4 is 21.4 Å². The lowest BCUT2D eigenvalue weighted by atomic mass is 10.2. The van der Waals surface area contributed by atoms with Gasteiger partial charge in [-0.2, -0.15) is 0 Å². The standard InChI is InChI=1S/C10H15NO4S2/c12-7-9-3-4-10(16-9)17(13,14)11-6-8-2-1-5-15-8/h3-4,8,11-12H,1-2,5-7H2. The van der Waals surface area contributed by atoms with Crippen molar-refractivity contribution in [3.8, 4) is 0 Å². The fourth-order valence-electron chi connectivity index (χ4n) is 1.67. The van der Waals surface area contributed by atoms with E-state index in [4.69, 9.17) is 9.84 Å². The van der Waals surface area contributed by atoms with Gasteiger partial charge < -0.3 is 9.84 Å². The summed E-state index contributed by atoms with van der Waals surface area (Å²) in [4.78, 5) is 0.641. The molecule has 1 fully saturated rings. The Balaban J connectivity index is 1.97. The van der Waals surface area contributed by atoms with E-state index in [-0.39, 0.29) is 16.9 Å². The summed E-state index contributed by atoms with van der Waals surface area (Å²) in [5, 5.41) is 8.89. The van der Waals surface area contributed by atoms with Crippen molar-refractivity contribution < 1.29 is 18.3 Å². The number of nitrogens with one attached hydrogen (secondary N) is 1. The quantitative estimate of drug-likeness (QED) is 0.830. The molecule has 2 heterocycles. The van der Waals surface area contributed by atoms with Crippen LogP contribution in [0.2, 0.25) is 0 Å². The van der Waals surface area contributed by atoms with Crippen LogP contribution in [-0.2, 0) is 21.4 Å². The van der Waals surface area contributed by atoms with Crippen LogP contribution in [0.1, 0.15) is 17.7 Å². The van der Waals surface area contributed by atoms with Gasteiger partial charge in [0.15, 0.2) is 0 Å². The second-order valence-electron chi connectivity index (χ2n) is 3.87. The minimum Gasteiger partial charge on any atom is -0.391 e. The molecule has 0 spiro atoms. The van der Waals surface area contributed by atoms with Gasteiger partial charge in [0.2, 0.25) is 10.0 Å². The molecule has 7 heteroatoms. The number of ether oxygens (including phenoxy) is 1. The molecule has 0 aromatic carbocycles. The molecular weight excluding hydrogens is 262 g/mol. The van der Waals surface area contributed by atoms with Crippen LogP contribution in [-0.4, -0.2) is 32.8 Å². The smallest absolute Gasteiger partial charge is 0.250 e. The fourth-order valence-corrected chi connectivity index (χ4v) is 3.99. The Kier molecular flexibility index (Phi) is 4.16. The first-order valence-electron chi connectivity index (χ1n) is 5.42. The van der Waals surface area contributed by atoms with Gasteiger partial charge in [-0.25, -0.2) is 13.1 Å². The van der Waals surface area contributed by atoms with Gasteiger partial charge in [-0.15, -0.1) is 11.3 Å². The molecule has 2 rings (SSSR count). The van der Waals surface area contributed by atoms with Crippen LogP contribution in [0.25, 0.3) is 0 Å². The second kappa shape index (κ2) is 5.45. The SMILES string of the molecule is O=S(=O)(NCC1CCCO1)c1ccc(CO)s1. The van der Waals surface area contributed by atoms with Crippen molar-refractivity contribution in [3.63, 3.8) is 0 Å². The van der Waals surface area contributed by atoms with Crippen LogP contribution >= 0.6 is 11.3 Å². The molecule has 0 radical (unpaired) electrons. The molecule has 96 valence electrons. The van der Waals surface area contributed by atoms with Gasteiger partial charge in [0.05, 0.1) is 12.7 Å². The molecule has 1 unspecified atom stereocenters. The third-order valence-corrected chi connectivity index (χ3v) is 5.57. The van der Waals surface area contributed by atoms with E-state index in [1.807, 2.05) is 0 Å².